The molecule has 102 valence electrons. The number of hydrogen-bond donors (Lipinski definition) is 0. The van der Waals surface area contributed by atoms with Crippen molar-refractivity contribution in [3.8, 4) is 0 Å². The number of carbonyl (C=O) groups is 1. The van der Waals surface area contributed by atoms with Crippen LogP contribution in [0.5, 0.6) is 0 Å². The quantitative estimate of drug-likeness (QED) is 0.802. The van der Waals surface area contributed by atoms with Gasteiger partial charge in [-0.15, -0.1) is 11.3 Å². The van der Waals surface area contributed by atoms with Crippen LogP contribution in [-0.4, -0.2) is 10.8 Å². The van der Waals surface area contributed by atoms with E-state index in [1.54, 1.807) is 17.6 Å². The lowest BCUT2D eigenvalue weighted by Gasteiger charge is -2.24. The van der Waals surface area contributed by atoms with Gasteiger partial charge in [0.2, 0.25) is 5.91 Å². The van der Waals surface area contributed by atoms with E-state index in [1.807, 2.05) is 42.3 Å². The smallest absolute Gasteiger partial charge is 0.226 e. The third kappa shape index (κ3) is 3.70. The fourth-order valence-electron chi connectivity index (χ4n) is 1.88. The van der Waals surface area contributed by atoms with Crippen LogP contribution in [0.1, 0.15) is 30.9 Å². The van der Waals surface area contributed by atoms with Crippen LogP contribution in [0.3, 0.4) is 0 Å². The summed E-state index contributed by atoms with van der Waals surface area (Å²) >= 11 is 1.68. The largest absolute Gasteiger partial charge is 0.467 e. The van der Waals surface area contributed by atoms with Crippen molar-refractivity contribution in [2.24, 2.45) is 5.92 Å². The third-order valence-corrected chi connectivity index (χ3v) is 4.06. The van der Waals surface area contributed by atoms with Gasteiger partial charge >= 0.3 is 0 Å². The molecule has 0 aromatic carbocycles. The molecule has 0 radical (unpaired) electrons. The van der Waals surface area contributed by atoms with Crippen molar-refractivity contribution in [3.05, 3.63) is 46.5 Å². The highest BCUT2D eigenvalue weighted by Gasteiger charge is 2.20. The van der Waals surface area contributed by atoms with Gasteiger partial charge in [-0.25, -0.2) is 0 Å². The van der Waals surface area contributed by atoms with Crippen LogP contribution in [0.25, 0.3) is 0 Å². The summed E-state index contributed by atoms with van der Waals surface area (Å²) in [6, 6.07) is 7.83. The van der Waals surface area contributed by atoms with Crippen LogP contribution < -0.4 is 0 Å². The molecule has 19 heavy (non-hydrogen) atoms. The average Bonchev–Trinajstić information content (AvgIpc) is 3.09. The highest BCUT2D eigenvalue weighted by molar-refractivity contribution is 7.09. The summed E-state index contributed by atoms with van der Waals surface area (Å²) in [5.74, 6) is 1.07. The molecule has 0 saturated heterocycles. The summed E-state index contributed by atoms with van der Waals surface area (Å²) in [5.41, 5.74) is 0. The maximum absolute atomic E-state index is 12.4. The lowest BCUT2D eigenvalue weighted by atomic mass is 10.1. The van der Waals surface area contributed by atoms with Gasteiger partial charge < -0.3 is 9.32 Å². The summed E-state index contributed by atoms with van der Waals surface area (Å²) in [5, 5.41) is 2.04. The van der Waals surface area contributed by atoms with Crippen molar-refractivity contribution in [3.63, 3.8) is 0 Å². The van der Waals surface area contributed by atoms with Gasteiger partial charge in [0.05, 0.1) is 19.4 Å². The van der Waals surface area contributed by atoms with E-state index in [1.165, 1.54) is 4.88 Å². The molecule has 1 atom stereocenters. The zero-order valence-corrected chi connectivity index (χ0v) is 12.2. The Balaban J connectivity index is 2.10. The van der Waals surface area contributed by atoms with Crippen molar-refractivity contribution in [2.75, 3.05) is 0 Å². The average molecular weight is 277 g/mol. The molecule has 0 saturated carbocycles. The molecule has 0 aliphatic rings. The third-order valence-electron chi connectivity index (χ3n) is 3.20. The van der Waals surface area contributed by atoms with Crippen LogP contribution in [-0.2, 0) is 17.9 Å². The lowest BCUT2D eigenvalue weighted by Crippen LogP contribution is -2.33. The van der Waals surface area contributed by atoms with Crippen molar-refractivity contribution in [1.29, 1.82) is 0 Å². The van der Waals surface area contributed by atoms with E-state index < -0.39 is 0 Å². The normalized spacial score (nSPS) is 12.3. The minimum absolute atomic E-state index is 0.0509. The van der Waals surface area contributed by atoms with E-state index in [4.69, 9.17) is 4.42 Å². The van der Waals surface area contributed by atoms with E-state index in [0.29, 0.717) is 13.1 Å². The zero-order chi connectivity index (χ0) is 13.7. The Hall–Kier alpha value is -1.55. The standard InChI is InChI=1S/C15H19NO2S/c1-3-12(2)15(17)16(10-13-6-4-8-18-13)11-14-7-5-9-19-14/h4-9,12H,3,10-11H2,1-2H3. The van der Waals surface area contributed by atoms with E-state index in [2.05, 4.69) is 6.07 Å². The molecule has 0 aliphatic carbocycles. The van der Waals surface area contributed by atoms with Gasteiger partial charge in [0.1, 0.15) is 5.76 Å². The van der Waals surface area contributed by atoms with Crippen LogP contribution in [0, 0.1) is 5.92 Å². The second-order valence-electron chi connectivity index (χ2n) is 4.66. The molecule has 1 amide bonds. The number of hydrogen-bond acceptors (Lipinski definition) is 3. The van der Waals surface area contributed by atoms with Gasteiger partial charge in [-0.1, -0.05) is 19.9 Å². The Bertz CT molecular complexity index is 454. The Morgan fingerprint density at radius 1 is 1.37 bits per heavy atom. The van der Waals surface area contributed by atoms with Crippen LogP contribution in [0.15, 0.2) is 40.3 Å². The Morgan fingerprint density at radius 3 is 2.79 bits per heavy atom. The molecule has 0 fully saturated rings. The van der Waals surface area contributed by atoms with E-state index in [9.17, 15) is 4.79 Å². The molecular weight excluding hydrogens is 258 g/mol. The number of amides is 1. The first-order chi connectivity index (χ1) is 9.20. The van der Waals surface area contributed by atoms with E-state index in [-0.39, 0.29) is 11.8 Å². The molecule has 0 N–H and O–H groups in total. The van der Waals surface area contributed by atoms with Crippen LogP contribution in [0.4, 0.5) is 0 Å². The van der Waals surface area contributed by atoms with E-state index >= 15 is 0 Å². The highest BCUT2D eigenvalue weighted by atomic mass is 32.1. The molecule has 3 nitrogen and oxygen atoms in total. The van der Waals surface area contributed by atoms with Gasteiger partial charge in [0, 0.05) is 10.8 Å². The topological polar surface area (TPSA) is 33.5 Å². The first kappa shape index (κ1) is 13.9. The SMILES string of the molecule is CCC(C)C(=O)N(Cc1ccco1)Cc1cccs1. The van der Waals surface area contributed by atoms with Crippen LogP contribution in [0.2, 0.25) is 0 Å². The highest BCUT2D eigenvalue weighted by Crippen LogP contribution is 2.18. The minimum Gasteiger partial charge on any atom is -0.467 e. The molecule has 2 aromatic rings. The summed E-state index contributed by atoms with van der Waals surface area (Å²) < 4.78 is 5.36. The Kier molecular flexibility index (Phi) is 4.80. The molecule has 0 bridgehead atoms. The predicted molar refractivity (Wildman–Crippen MR) is 76.7 cm³/mol. The Morgan fingerprint density at radius 2 is 2.21 bits per heavy atom. The molecule has 2 aromatic heterocycles. The lowest BCUT2D eigenvalue weighted by molar-refractivity contribution is -0.136. The molecule has 2 rings (SSSR count). The molecular formula is C15H19NO2S. The number of thiophene rings is 1. The summed E-state index contributed by atoms with van der Waals surface area (Å²) in [7, 11) is 0. The van der Waals surface area contributed by atoms with Crippen molar-refractivity contribution in [1.82, 2.24) is 4.90 Å². The first-order valence-corrected chi connectivity index (χ1v) is 7.42. The zero-order valence-electron chi connectivity index (χ0n) is 11.3. The molecule has 4 heteroatoms. The predicted octanol–water partition coefficient (Wildman–Crippen LogP) is 3.92. The number of carbonyl (C=O) groups excluding carboxylic acids is 1. The van der Waals surface area contributed by atoms with Gasteiger partial charge in [-0.3, -0.25) is 4.79 Å². The second-order valence-corrected chi connectivity index (χ2v) is 5.69. The van der Waals surface area contributed by atoms with E-state index in [0.717, 1.165) is 12.2 Å². The van der Waals surface area contributed by atoms with Gasteiger partial charge in [-0.2, -0.15) is 0 Å². The Labute approximate surface area is 117 Å². The monoisotopic (exact) mass is 277 g/mol. The maximum atomic E-state index is 12.4. The van der Waals surface area contributed by atoms with Crippen molar-refractivity contribution < 1.29 is 9.21 Å². The van der Waals surface area contributed by atoms with Crippen LogP contribution >= 0.6 is 11.3 Å². The minimum atomic E-state index is 0.0509. The number of furan rings is 1. The van der Waals surface area contributed by atoms with Crippen molar-refractivity contribution >= 4 is 17.2 Å². The fraction of sp³-hybridized carbons (Fsp3) is 0.400. The molecule has 0 spiro atoms. The fourth-order valence-corrected chi connectivity index (χ4v) is 2.60. The van der Waals surface area contributed by atoms with Gasteiger partial charge in [0.15, 0.2) is 0 Å². The summed E-state index contributed by atoms with van der Waals surface area (Å²) in [4.78, 5) is 15.5. The van der Waals surface area contributed by atoms with Gasteiger partial charge in [0.25, 0.3) is 0 Å². The summed E-state index contributed by atoms with van der Waals surface area (Å²) in [6.45, 7) is 5.21. The second kappa shape index (κ2) is 6.57. The maximum Gasteiger partial charge on any atom is 0.226 e. The van der Waals surface area contributed by atoms with Gasteiger partial charge in [-0.05, 0) is 30.0 Å². The molecule has 2 heterocycles. The first-order valence-electron chi connectivity index (χ1n) is 6.54. The number of nitrogens with zero attached hydrogens (tertiary/aromatic N) is 1. The molecule has 0 aliphatic heterocycles. The molecule has 1 unspecified atom stereocenters. The van der Waals surface area contributed by atoms with Crippen molar-refractivity contribution in [2.45, 2.75) is 33.4 Å². The summed E-state index contributed by atoms with van der Waals surface area (Å²) in [6.07, 6.45) is 2.50. The number of rotatable bonds is 6.